The van der Waals surface area contributed by atoms with Gasteiger partial charge >= 0.3 is 0 Å². The molecule has 1 aromatic carbocycles. The lowest BCUT2D eigenvalue weighted by atomic mass is 9.91. The molecule has 7 heteroatoms. The molecule has 0 fully saturated rings. The number of methoxy groups -OCH3 is 2. The van der Waals surface area contributed by atoms with Crippen LogP contribution in [0.2, 0.25) is 0 Å². The second-order valence-corrected chi connectivity index (χ2v) is 7.54. The minimum atomic E-state index is 0.232. The van der Waals surface area contributed by atoms with Gasteiger partial charge in [0.2, 0.25) is 0 Å². The number of hydrogen-bond acceptors (Lipinski definition) is 7. The number of hydrogen-bond donors (Lipinski definition) is 1. The van der Waals surface area contributed by atoms with Gasteiger partial charge in [0.15, 0.2) is 11.5 Å². The predicted octanol–water partition coefficient (Wildman–Crippen LogP) is 4.59. The Bertz CT molecular complexity index is 1230. The molecule has 0 unspecified atom stereocenters. The van der Waals surface area contributed by atoms with Crippen molar-refractivity contribution in [1.29, 1.82) is 0 Å². The molecule has 0 amide bonds. The van der Waals surface area contributed by atoms with Crippen LogP contribution >= 0.6 is 0 Å². The Kier molecular flexibility index (Phi) is 5.08. The van der Waals surface area contributed by atoms with Crippen molar-refractivity contribution >= 4 is 16.7 Å². The monoisotopic (exact) mass is 413 g/mol. The number of benzene rings is 1. The van der Waals surface area contributed by atoms with Gasteiger partial charge in [-0.1, -0.05) is 6.07 Å². The van der Waals surface area contributed by atoms with Crippen molar-refractivity contribution in [1.82, 2.24) is 20.2 Å². The maximum Gasteiger partial charge on any atom is 0.162 e. The lowest BCUT2D eigenvalue weighted by Crippen LogP contribution is -2.18. The molecule has 0 saturated heterocycles. The fraction of sp³-hybridized carbons (Fsp3) is 0.250. The number of fused-ring (bicyclic) bond motifs is 2. The van der Waals surface area contributed by atoms with Gasteiger partial charge in [0.25, 0.3) is 0 Å². The maximum absolute atomic E-state index is 5.46. The molecule has 5 rings (SSSR count). The van der Waals surface area contributed by atoms with Gasteiger partial charge in [-0.15, -0.1) is 0 Å². The standard InChI is InChI=1S/C24H23N5O2/c1-30-22-11-17-18(14-27-29-21(17)12-23(22)31-2)15-8-9-24(26-13-15)28-20-7-3-6-19-16(20)5-4-10-25-19/h4-5,8-14,20H,3,6-7H2,1-2H3,(H,26,28)/t20-/m1/s1. The van der Waals surface area contributed by atoms with Gasteiger partial charge in [0.05, 0.1) is 32.0 Å². The highest BCUT2D eigenvalue weighted by atomic mass is 16.5. The third-order valence-corrected chi connectivity index (χ3v) is 5.75. The zero-order chi connectivity index (χ0) is 21.2. The number of aromatic nitrogens is 4. The first-order valence-electron chi connectivity index (χ1n) is 10.3. The Morgan fingerprint density at radius 2 is 1.87 bits per heavy atom. The van der Waals surface area contributed by atoms with Crippen LogP contribution in [0.4, 0.5) is 5.82 Å². The molecular formula is C24H23N5O2. The van der Waals surface area contributed by atoms with Crippen molar-refractivity contribution in [3.05, 3.63) is 66.2 Å². The SMILES string of the molecule is COc1cc2nncc(-c3ccc(N[C@@H]4CCCc5ncccc54)nc3)c2cc1OC. The van der Waals surface area contributed by atoms with Crippen molar-refractivity contribution in [3.8, 4) is 22.6 Å². The van der Waals surface area contributed by atoms with E-state index in [2.05, 4.69) is 37.6 Å². The molecule has 3 heterocycles. The van der Waals surface area contributed by atoms with E-state index in [4.69, 9.17) is 9.47 Å². The van der Waals surface area contributed by atoms with Crippen LogP contribution in [-0.4, -0.2) is 34.4 Å². The van der Waals surface area contributed by atoms with Gasteiger partial charge in [-0.2, -0.15) is 10.2 Å². The van der Waals surface area contributed by atoms with Crippen LogP contribution in [0.1, 0.15) is 30.1 Å². The van der Waals surface area contributed by atoms with Crippen LogP contribution in [0.25, 0.3) is 22.0 Å². The Morgan fingerprint density at radius 1 is 1.00 bits per heavy atom. The summed E-state index contributed by atoms with van der Waals surface area (Å²) in [5, 5.41) is 12.9. The third-order valence-electron chi connectivity index (χ3n) is 5.75. The van der Waals surface area contributed by atoms with Crippen LogP contribution in [0.15, 0.2) is 55.0 Å². The summed E-state index contributed by atoms with van der Waals surface area (Å²) < 4.78 is 10.8. The highest BCUT2D eigenvalue weighted by Gasteiger charge is 2.21. The molecule has 0 aliphatic heterocycles. The average molecular weight is 413 g/mol. The zero-order valence-corrected chi connectivity index (χ0v) is 17.5. The number of nitrogens with zero attached hydrogens (tertiary/aromatic N) is 4. The number of anilines is 1. The molecule has 0 spiro atoms. The van der Waals surface area contributed by atoms with Crippen molar-refractivity contribution in [2.75, 3.05) is 19.5 Å². The van der Waals surface area contributed by atoms with Crippen LogP contribution in [0.5, 0.6) is 11.5 Å². The summed E-state index contributed by atoms with van der Waals surface area (Å²) in [5.41, 5.74) is 5.09. The van der Waals surface area contributed by atoms with E-state index >= 15 is 0 Å². The second-order valence-electron chi connectivity index (χ2n) is 7.54. The summed E-state index contributed by atoms with van der Waals surface area (Å²) in [6.07, 6.45) is 8.72. The average Bonchev–Trinajstić information content (AvgIpc) is 2.83. The highest BCUT2D eigenvalue weighted by molar-refractivity contribution is 5.95. The smallest absolute Gasteiger partial charge is 0.162 e. The number of aryl methyl sites for hydroxylation is 1. The maximum atomic E-state index is 5.46. The van der Waals surface area contributed by atoms with E-state index in [0.717, 1.165) is 47.1 Å². The van der Waals surface area contributed by atoms with E-state index in [0.29, 0.717) is 11.5 Å². The Hall–Kier alpha value is -3.74. The van der Waals surface area contributed by atoms with Gasteiger partial charge in [-0.3, -0.25) is 4.98 Å². The van der Waals surface area contributed by atoms with Crippen molar-refractivity contribution in [3.63, 3.8) is 0 Å². The van der Waals surface area contributed by atoms with Gasteiger partial charge in [0.1, 0.15) is 5.82 Å². The van der Waals surface area contributed by atoms with E-state index in [9.17, 15) is 0 Å². The molecule has 1 aliphatic rings. The minimum absolute atomic E-state index is 0.232. The minimum Gasteiger partial charge on any atom is -0.493 e. The summed E-state index contributed by atoms with van der Waals surface area (Å²) >= 11 is 0. The Morgan fingerprint density at radius 3 is 2.68 bits per heavy atom. The molecular weight excluding hydrogens is 390 g/mol. The number of rotatable bonds is 5. The topological polar surface area (TPSA) is 82.1 Å². The van der Waals surface area contributed by atoms with Gasteiger partial charge in [-0.25, -0.2) is 4.98 Å². The molecule has 0 radical (unpaired) electrons. The van der Waals surface area contributed by atoms with Gasteiger partial charge < -0.3 is 14.8 Å². The van der Waals surface area contributed by atoms with Gasteiger partial charge in [0, 0.05) is 40.7 Å². The molecule has 1 N–H and O–H groups in total. The second kappa shape index (κ2) is 8.18. The predicted molar refractivity (Wildman–Crippen MR) is 119 cm³/mol. The Labute approximate surface area is 180 Å². The molecule has 1 aliphatic carbocycles. The molecule has 7 nitrogen and oxygen atoms in total. The van der Waals surface area contributed by atoms with Crippen molar-refractivity contribution in [2.45, 2.75) is 25.3 Å². The molecule has 4 aromatic rings. The lowest BCUT2D eigenvalue weighted by molar-refractivity contribution is 0.356. The van der Waals surface area contributed by atoms with E-state index in [1.165, 1.54) is 11.3 Å². The lowest BCUT2D eigenvalue weighted by Gasteiger charge is -2.26. The normalized spacial score (nSPS) is 15.4. The van der Waals surface area contributed by atoms with E-state index in [1.807, 2.05) is 36.7 Å². The van der Waals surface area contributed by atoms with Crippen LogP contribution in [0, 0.1) is 0 Å². The first kappa shape index (κ1) is 19.2. The number of nitrogens with one attached hydrogen (secondary N) is 1. The summed E-state index contributed by atoms with van der Waals surface area (Å²) in [6.45, 7) is 0. The van der Waals surface area contributed by atoms with Crippen LogP contribution in [0.3, 0.4) is 0 Å². The summed E-state index contributed by atoms with van der Waals surface area (Å²) in [6, 6.07) is 12.2. The first-order chi connectivity index (χ1) is 15.3. The number of ether oxygens (including phenoxy) is 2. The highest BCUT2D eigenvalue weighted by Crippen LogP contribution is 2.36. The molecule has 31 heavy (non-hydrogen) atoms. The summed E-state index contributed by atoms with van der Waals surface area (Å²) in [4.78, 5) is 9.20. The Balaban J connectivity index is 1.45. The zero-order valence-electron chi connectivity index (χ0n) is 17.5. The van der Waals surface area contributed by atoms with Crippen LogP contribution < -0.4 is 14.8 Å². The van der Waals surface area contributed by atoms with Crippen molar-refractivity contribution < 1.29 is 9.47 Å². The molecule has 156 valence electrons. The fourth-order valence-corrected chi connectivity index (χ4v) is 4.19. The molecule has 0 saturated carbocycles. The largest absolute Gasteiger partial charge is 0.493 e. The fourth-order valence-electron chi connectivity index (χ4n) is 4.19. The quantitative estimate of drug-likeness (QED) is 0.512. The molecule has 0 bridgehead atoms. The number of pyridine rings is 2. The third kappa shape index (κ3) is 3.63. The van der Waals surface area contributed by atoms with E-state index in [1.54, 1.807) is 20.4 Å². The van der Waals surface area contributed by atoms with E-state index < -0.39 is 0 Å². The van der Waals surface area contributed by atoms with Gasteiger partial charge in [-0.05, 0) is 49.1 Å². The van der Waals surface area contributed by atoms with Crippen molar-refractivity contribution in [2.24, 2.45) is 0 Å². The first-order valence-corrected chi connectivity index (χ1v) is 10.3. The summed E-state index contributed by atoms with van der Waals surface area (Å²) in [7, 11) is 3.23. The van der Waals surface area contributed by atoms with E-state index in [-0.39, 0.29) is 6.04 Å². The molecule has 3 aromatic heterocycles. The van der Waals surface area contributed by atoms with Crippen LogP contribution in [-0.2, 0) is 6.42 Å². The summed E-state index contributed by atoms with van der Waals surface area (Å²) in [5.74, 6) is 2.12. The molecule has 1 atom stereocenters.